The highest BCUT2D eigenvalue weighted by Gasteiger charge is 2.41. The van der Waals surface area contributed by atoms with Crippen LogP contribution in [0.1, 0.15) is 42.6 Å². The van der Waals surface area contributed by atoms with E-state index in [9.17, 15) is 4.79 Å². The Bertz CT molecular complexity index is 783. The van der Waals surface area contributed by atoms with E-state index in [1.807, 2.05) is 24.1 Å². The minimum atomic E-state index is 0.246. The molecule has 7 nitrogen and oxygen atoms in total. The lowest BCUT2D eigenvalue weighted by Gasteiger charge is -2.48. The third-order valence-electron chi connectivity index (χ3n) is 6.43. The molecule has 4 rings (SSSR count). The Kier molecular flexibility index (Phi) is 5.04. The van der Waals surface area contributed by atoms with Gasteiger partial charge in [0.15, 0.2) is 0 Å². The van der Waals surface area contributed by atoms with Gasteiger partial charge in [-0.15, -0.1) is 0 Å². The zero-order valence-electron chi connectivity index (χ0n) is 16.4. The van der Waals surface area contributed by atoms with Crippen LogP contribution in [-0.2, 0) is 24.8 Å². The van der Waals surface area contributed by atoms with E-state index in [0.29, 0.717) is 12.3 Å². The van der Waals surface area contributed by atoms with Crippen LogP contribution in [-0.4, -0.2) is 61.6 Å². The third-order valence-corrected chi connectivity index (χ3v) is 6.43. The number of carbonyl (C=O) groups excluding carboxylic acids is 1. The number of aromatic amines is 1. The van der Waals surface area contributed by atoms with Gasteiger partial charge in [-0.2, -0.15) is 5.10 Å². The summed E-state index contributed by atoms with van der Waals surface area (Å²) in [6, 6.07) is 0. The van der Waals surface area contributed by atoms with Crippen molar-refractivity contribution in [3.8, 4) is 0 Å². The molecular weight excluding hydrogens is 340 g/mol. The first-order valence-electron chi connectivity index (χ1n) is 10.00. The van der Waals surface area contributed by atoms with Crippen LogP contribution in [0.5, 0.6) is 0 Å². The predicted molar refractivity (Wildman–Crippen MR) is 103 cm³/mol. The summed E-state index contributed by atoms with van der Waals surface area (Å²) in [4.78, 5) is 24.3. The van der Waals surface area contributed by atoms with Crippen LogP contribution in [0.25, 0.3) is 0 Å². The Balaban J connectivity index is 1.40. The second-order valence-electron chi connectivity index (χ2n) is 8.34. The van der Waals surface area contributed by atoms with Gasteiger partial charge in [-0.1, -0.05) is 0 Å². The van der Waals surface area contributed by atoms with Crippen LogP contribution < -0.4 is 0 Å². The van der Waals surface area contributed by atoms with Gasteiger partial charge >= 0.3 is 0 Å². The average Bonchev–Trinajstić information content (AvgIpc) is 3.29. The maximum Gasteiger partial charge on any atom is 0.222 e. The summed E-state index contributed by atoms with van der Waals surface area (Å²) in [6.45, 7) is 6.99. The molecule has 0 saturated carbocycles. The summed E-state index contributed by atoms with van der Waals surface area (Å²) in [6.07, 6.45) is 10.5. The molecule has 7 heteroatoms. The zero-order chi connectivity index (χ0) is 18.9. The molecule has 0 radical (unpaired) electrons. The van der Waals surface area contributed by atoms with Crippen LogP contribution in [0.3, 0.4) is 0 Å². The smallest absolute Gasteiger partial charge is 0.222 e. The van der Waals surface area contributed by atoms with Gasteiger partial charge in [0.25, 0.3) is 0 Å². The number of nitrogens with one attached hydrogen (secondary N) is 1. The van der Waals surface area contributed by atoms with Crippen molar-refractivity contribution < 1.29 is 4.79 Å². The van der Waals surface area contributed by atoms with Crippen molar-refractivity contribution in [2.24, 2.45) is 12.5 Å². The first kappa shape index (κ1) is 18.2. The summed E-state index contributed by atoms with van der Waals surface area (Å²) >= 11 is 0. The van der Waals surface area contributed by atoms with Crippen LogP contribution in [0.2, 0.25) is 0 Å². The molecule has 2 saturated heterocycles. The van der Waals surface area contributed by atoms with Gasteiger partial charge in [0.2, 0.25) is 5.91 Å². The van der Waals surface area contributed by atoms with Crippen molar-refractivity contribution in [3.63, 3.8) is 0 Å². The first-order valence-corrected chi connectivity index (χ1v) is 10.00. The topological polar surface area (TPSA) is 70.1 Å². The third kappa shape index (κ3) is 3.93. The van der Waals surface area contributed by atoms with E-state index in [1.54, 1.807) is 6.33 Å². The highest BCUT2D eigenvalue weighted by Crippen LogP contribution is 2.39. The molecule has 1 unspecified atom stereocenters. The highest BCUT2D eigenvalue weighted by molar-refractivity contribution is 5.77. The number of hydrogen-bond donors (Lipinski definition) is 1. The molecule has 1 atom stereocenters. The molecule has 146 valence electrons. The Morgan fingerprint density at radius 2 is 2.15 bits per heavy atom. The fourth-order valence-electron chi connectivity index (χ4n) is 4.70. The SMILES string of the molecule is Cc1c(CN2CCCC3(CCC(=O)N(CCc4cnc[nH]4)C3)C2)cnn1C. The van der Waals surface area contributed by atoms with Crippen molar-refractivity contribution in [1.29, 1.82) is 0 Å². The van der Waals surface area contributed by atoms with E-state index in [0.717, 1.165) is 51.3 Å². The Hall–Kier alpha value is -2.15. The maximum atomic E-state index is 12.5. The molecule has 0 aliphatic carbocycles. The molecule has 4 heterocycles. The van der Waals surface area contributed by atoms with Crippen LogP contribution in [0.4, 0.5) is 0 Å². The van der Waals surface area contributed by atoms with Crippen LogP contribution in [0.15, 0.2) is 18.7 Å². The number of amides is 1. The minimum Gasteiger partial charge on any atom is -0.348 e. The number of piperidine rings is 2. The lowest BCUT2D eigenvalue weighted by molar-refractivity contribution is -0.139. The molecule has 0 bridgehead atoms. The van der Waals surface area contributed by atoms with Crippen molar-refractivity contribution in [2.75, 3.05) is 26.2 Å². The van der Waals surface area contributed by atoms with E-state index in [1.165, 1.54) is 24.1 Å². The zero-order valence-corrected chi connectivity index (χ0v) is 16.4. The Morgan fingerprint density at radius 1 is 1.26 bits per heavy atom. The largest absolute Gasteiger partial charge is 0.348 e. The monoisotopic (exact) mass is 370 g/mol. The van der Waals surface area contributed by atoms with E-state index in [2.05, 4.69) is 31.8 Å². The van der Waals surface area contributed by atoms with E-state index in [-0.39, 0.29) is 5.41 Å². The van der Waals surface area contributed by atoms with E-state index >= 15 is 0 Å². The number of imidazole rings is 1. The van der Waals surface area contributed by atoms with E-state index in [4.69, 9.17) is 0 Å². The second kappa shape index (κ2) is 7.46. The van der Waals surface area contributed by atoms with Gasteiger partial charge in [-0.25, -0.2) is 4.98 Å². The second-order valence-corrected chi connectivity index (χ2v) is 8.34. The minimum absolute atomic E-state index is 0.246. The summed E-state index contributed by atoms with van der Waals surface area (Å²) in [5.41, 5.74) is 3.91. The molecule has 2 aliphatic rings. The van der Waals surface area contributed by atoms with Crippen LogP contribution >= 0.6 is 0 Å². The van der Waals surface area contributed by atoms with Crippen molar-refractivity contribution >= 4 is 5.91 Å². The molecule has 27 heavy (non-hydrogen) atoms. The summed E-state index contributed by atoms with van der Waals surface area (Å²) < 4.78 is 1.95. The molecule has 1 amide bonds. The quantitative estimate of drug-likeness (QED) is 0.873. The summed E-state index contributed by atoms with van der Waals surface area (Å²) in [5.74, 6) is 0.306. The lowest BCUT2D eigenvalue weighted by atomic mass is 9.73. The maximum absolute atomic E-state index is 12.5. The van der Waals surface area contributed by atoms with Gasteiger partial charge in [0.1, 0.15) is 0 Å². The summed E-state index contributed by atoms with van der Waals surface area (Å²) in [7, 11) is 2.00. The standard InChI is InChI=1S/C20H30N6O/c1-16-17(10-23-24(16)2)12-25-8-3-6-20(13-25)7-4-19(27)26(14-20)9-5-18-11-21-15-22-18/h10-11,15H,3-9,12-14H2,1-2H3,(H,21,22). The molecule has 2 fully saturated rings. The molecule has 1 N–H and O–H groups in total. The van der Waals surface area contributed by atoms with Crippen molar-refractivity contribution in [3.05, 3.63) is 35.7 Å². The van der Waals surface area contributed by atoms with Gasteiger partial charge in [-0.3, -0.25) is 14.4 Å². The number of rotatable bonds is 5. The number of H-pyrrole nitrogens is 1. The lowest BCUT2D eigenvalue weighted by Crippen LogP contribution is -2.54. The van der Waals surface area contributed by atoms with Gasteiger partial charge in [0, 0.05) is 74.6 Å². The average molecular weight is 371 g/mol. The normalized spacial score (nSPS) is 24.1. The van der Waals surface area contributed by atoms with Crippen molar-refractivity contribution in [1.82, 2.24) is 29.5 Å². The fourth-order valence-corrected chi connectivity index (χ4v) is 4.70. The Morgan fingerprint density at radius 3 is 2.89 bits per heavy atom. The first-order chi connectivity index (χ1) is 13.0. The summed E-state index contributed by atoms with van der Waals surface area (Å²) in [5, 5.41) is 4.39. The fraction of sp³-hybridized carbons (Fsp3) is 0.650. The number of likely N-dealkylation sites (tertiary alicyclic amines) is 2. The molecule has 1 spiro atoms. The molecule has 2 aliphatic heterocycles. The number of carbonyl (C=O) groups is 1. The number of hydrogen-bond acceptors (Lipinski definition) is 4. The molecular formula is C20H30N6O. The number of aromatic nitrogens is 4. The van der Waals surface area contributed by atoms with Crippen molar-refractivity contribution in [2.45, 2.75) is 45.6 Å². The van der Waals surface area contributed by atoms with Gasteiger partial charge < -0.3 is 9.88 Å². The Labute approximate surface area is 160 Å². The van der Waals surface area contributed by atoms with Crippen LogP contribution in [0, 0.1) is 12.3 Å². The van der Waals surface area contributed by atoms with E-state index < -0.39 is 0 Å². The molecule has 0 aromatic carbocycles. The number of aryl methyl sites for hydroxylation is 1. The van der Waals surface area contributed by atoms with Gasteiger partial charge in [0.05, 0.1) is 12.5 Å². The molecule has 2 aromatic heterocycles. The predicted octanol–water partition coefficient (Wildman–Crippen LogP) is 1.90. The number of nitrogens with zero attached hydrogens (tertiary/aromatic N) is 5. The molecule has 2 aromatic rings. The van der Waals surface area contributed by atoms with Gasteiger partial charge in [-0.05, 0) is 32.7 Å². The highest BCUT2D eigenvalue weighted by atomic mass is 16.2.